The number of anilines is 1. The van der Waals surface area contributed by atoms with E-state index in [2.05, 4.69) is 15.0 Å². The molecule has 3 aromatic rings. The predicted octanol–water partition coefficient (Wildman–Crippen LogP) is 3.40. The monoisotopic (exact) mass is 419 g/mol. The van der Waals surface area contributed by atoms with Gasteiger partial charge in [-0.05, 0) is 38.8 Å². The lowest BCUT2D eigenvalue weighted by molar-refractivity contribution is 0.0628. The Kier molecular flexibility index (Phi) is 5.36. The van der Waals surface area contributed by atoms with Gasteiger partial charge in [0, 0.05) is 56.8 Å². The SMILES string of the molecule is Cc1noc(C)c1CN1CCN(C(=O)c2cc3ccccc3nc2N2CCCC2)CC1. The smallest absolute Gasteiger partial charge is 0.257 e. The van der Waals surface area contributed by atoms with E-state index in [1.54, 1.807) is 0 Å². The topological polar surface area (TPSA) is 65.7 Å². The van der Waals surface area contributed by atoms with Gasteiger partial charge >= 0.3 is 0 Å². The number of carbonyl (C=O) groups is 1. The number of rotatable bonds is 4. The van der Waals surface area contributed by atoms with E-state index in [0.717, 1.165) is 84.9 Å². The van der Waals surface area contributed by atoms with Gasteiger partial charge in [0.05, 0.1) is 16.8 Å². The number of pyridine rings is 1. The van der Waals surface area contributed by atoms with E-state index in [9.17, 15) is 4.79 Å². The van der Waals surface area contributed by atoms with Gasteiger partial charge in [-0.25, -0.2) is 4.98 Å². The van der Waals surface area contributed by atoms with E-state index in [4.69, 9.17) is 9.51 Å². The highest BCUT2D eigenvalue weighted by atomic mass is 16.5. The average Bonchev–Trinajstić information content (AvgIpc) is 3.44. The van der Waals surface area contributed by atoms with Crippen molar-refractivity contribution in [2.75, 3.05) is 44.2 Å². The summed E-state index contributed by atoms with van der Waals surface area (Å²) < 4.78 is 5.30. The summed E-state index contributed by atoms with van der Waals surface area (Å²) in [5.74, 6) is 1.82. The molecule has 0 aliphatic carbocycles. The highest BCUT2D eigenvalue weighted by molar-refractivity contribution is 6.02. The Morgan fingerprint density at radius 1 is 1.03 bits per heavy atom. The molecule has 4 heterocycles. The summed E-state index contributed by atoms with van der Waals surface area (Å²) in [5.41, 5.74) is 3.80. The molecule has 0 N–H and O–H groups in total. The minimum absolute atomic E-state index is 0.0946. The van der Waals surface area contributed by atoms with Gasteiger partial charge in [-0.1, -0.05) is 23.4 Å². The molecule has 0 bridgehead atoms. The molecule has 0 spiro atoms. The lowest BCUT2D eigenvalue weighted by atomic mass is 10.1. The molecule has 0 radical (unpaired) electrons. The van der Waals surface area contributed by atoms with Gasteiger partial charge in [-0.15, -0.1) is 0 Å². The molecule has 2 aliphatic heterocycles. The fourth-order valence-electron chi connectivity index (χ4n) is 4.66. The Balaban J connectivity index is 1.35. The molecule has 0 saturated carbocycles. The van der Waals surface area contributed by atoms with Crippen molar-refractivity contribution < 1.29 is 9.32 Å². The number of nitrogens with zero attached hydrogens (tertiary/aromatic N) is 5. The molecule has 7 nitrogen and oxygen atoms in total. The van der Waals surface area contributed by atoms with Crippen molar-refractivity contribution >= 4 is 22.6 Å². The standard InChI is InChI=1S/C24H29N5O2/c1-17-21(18(2)31-26-17)16-27-11-13-29(14-12-27)24(30)20-15-19-7-3-4-8-22(19)25-23(20)28-9-5-6-10-28/h3-4,7-8,15H,5-6,9-14,16H2,1-2H3. The number of carbonyl (C=O) groups excluding carboxylic acids is 1. The molecule has 1 amide bonds. The van der Waals surface area contributed by atoms with Crippen molar-refractivity contribution in [3.63, 3.8) is 0 Å². The highest BCUT2D eigenvalue weighted by Crippen LogP contribution is 2.28. The van der Waals surface area contributed by atoms with Crippen LogP contribution in [-0.4, -0.2) is 65.1 Å². The lowest BCUT2D eigenvalue weighted by Crippen LogP contribution is -2.48. The second kappa shape index (κ2) is 8.30. The molecule has 0 unspecified atom stereocenters. The van der Waals surface area contributed by atoms with Crippen LogP contribution in [0, 0.1) is 13.8 Å². The average molecular weight is 420 g/mol. The maximum Gasteiger partial charge on any atom is 0.257 e. The third-order valence-corrected chi connectivity index (χ3v) is 6.56. The summed E-state index contributed by atoms with van der Waals surface area (Å²) in [4.78, 5) is 25.1. The minimum Gasteiger partial charge on any atom is -0.361 e. The van der Waals surface area contributed by atoms with Crippen LogP contribution >= 0.6 is 0 Å². The molecule has 2 fully saturated rings. The maximum atomic E-state index is 13.6. The van der Waals surface area contributed by atoms with Crippen LogP contribution in [0.15, 0.2) is 34.9 Å². The first kappa shape index (κ1) is 20.0. The summed E-state index contributed by atoms with van der Waals surface area (Å²) in [7, 11) is 0. The normalized spacial score (nSPS) is 17.6. The third kappa shape index (κ3) is 3.90. The summed E-state index contributed by atoms with van der Waals surface area (Å²) in [6.07, 6.45) is 2.31. The molecular weight excluding hydrogens is 390 g/mol. The lowest BCUT2D eigenvalue weighted by Gasteiger charge is -2.35. The van der Waals surface area contributed by atoms with Crippen molar-refractivity contribution in [1.29, 1.82) is 0 Å². The molecule has 7 heteroatoms. The minimum atomic E-state index is 0.0946. The van der Waals surface area contributed by atoms with E-state index in [0.29, 0.717) is 13.1 Å². The Bertz CT molecular complexity index is 1080. The maximum absolute atomic E-state index is 13.6. The Hall–Kier alpha value is -2.93. The number of aromatic nitrogens is 2. The summed E-state index contributed by atoms with van der Waals surface area (Å²) in [5, 5.41) is 5.08. The Morgan fingerprint density at radius 3 is 2.48 bits per heavy atom. The second-order valence-electron chi connectivity index (χ2n) is 8.62. The van der Waals surface area contributed by atoms with Gasteiger partial charge in [0.15, 0.2) is 0 Å². The molecule has 2 aromatic heterocycles. The summed E-state index contributed by atoms with van der Waals surface area (Å²) in [6, 6.07) is 10.1. The number of piperazine rings is 1. The molecular formula is C24H29N5O2. The van der Waals surface area contributed by atoms with Crippen LogP contribution in [0.1, 0.15) is 40.2 Å². The fourth-order valence-corrected chi connectivity index (χ4v) is 4.66. The van der Waals surface area contributed by atoms with Crippen molar-refractivity contribution in [3.8, 4) is 0 Å². The highest BCUT2D eigenvalue weighted by Gasteiger charge is 2.28. The summed E-state index contributed by atoms with van der Waals surface area (Å²) >= 11 is 0. The third-order valence-electron chi connectivity index (χ3n) is 6.56. The van der Waals surface area contributed by atoms with E-state index < -0.39 is 0 Å². The Morgan fingerprint density at radius 2 is 1.77 bits per heavy atom. The number of hydrogen-bond acceptors (Lipinski definition) is 6. The quantitative estimate of drug-likeness (QED) is 0.646. The van der Waals surface area contributed by atoms with Crippen LogP contribution in [0.5, 0.6) is 0 Å². The molecule has 2 aliphatic rings. The molecule has 162 valence electrons. The first-order chi connectivity index (χ1) is 15.1. The van der Waals surface area contributed by atoms with Gasteiger partial charge in [0.2, 0.25) is 0 Å². The van der Waals surface area contributed by atoms with E-state index in [1.165, 1.54) is 0 Å². The molecule has 5 rings (SSSR count). The van der Waals surface area contributed by atoms with Crippen molar-refractivity contribution in [1.82, 2.24) is 19.9 Å². The molecule has 1 aromatic carbocycles. The van der Waals surface area contributed by atoms with Gasteiger partial charge in [-0.2, -0.15) is 0 Å². The van der Waals surface area contributed by atoms with Crippen LogP contribution in [0.4, 0.5) is 5.82 Å². The predicted molar refractivity (Wildman–Crippen MR) is 120 cm³/mol. The first-order valence-corrected chi connectivity index (χ1v) is 11.2. The van der Waals surface area contributed by atoms with Gasteiger partial charge < -0.3 is 14.3 Å². The zero-order valence-electron chi connectivity index (χ0n) is 18.3. The van der Waals surface area contributed by atoms with Crippen LogP contribution in [0.25, 0.3) is 10.9 Å². The van der Waals surface area contributed by atoms with Gasteiger partial charge in [0.1, 0.15) is 11.6 Å². The number of fused-ring (bicyclic) bond motifs is 1. The number of hydrogen-bond donors (Lipinski definition) is 0. The molecule has 2 saturated heterocycles. The Labute approximate surface area is 182 Å². The molecule has 31 heavy (non-hydrogen) atoms. The van der Waals surface area contributed by atoms with Crippen molar-refractivity contribution in [3.05, 3.63) is 52.9 Å². The van der Waals surface area contributed by atoms with Crippen molar-refractivity contribution in [2.24, 2.45) is 0 Å². The number of benzene rings is 1. The number of para-hydroxylation sites is 1. The zero-order chi connectivity index (χ0) is 21.4. The van der Waals surface area contributed by atoms with Gasteiger partial charge in [0.25, 0.3) is 5.91 Å². The van der Waals surface area contributed by atoms with Crippen LogP contribution in [0.2, 0.25) is 0 Å². The van der Waals surface area contributed by atoms with Crippen LogP contribution in [0.3, 0.4) is 0 Å². The van der Waals surface area contributed by atoms with E-state index in [-0.39, 0.29) is 5.91 Å². The molecule has 0 atom stereocenters. The zero-order valence-corrected chi connectivity index (χ0v) is 18.3. The second-order valence-corrected chi connectivity index (χ2v) is 8.62. The number of amides is 1. The van der Waals surface area contributed by atoms with Crippen LogP contribution < -0.4 is 4.90 Å². The van der Waals surface area contributed by atoms with E-state index >= 15 is 0 Å². The van der Waals surface area contributed by atoms with Crippen molar-refractivity contribution in [2.45, 2.75) is 33.2 Å². The van der Waals surface area contributed by atoms with Crippen LogP contribution in [-0.2, 0) is 6.54 Å². The largest absolute Gasteiger partial charge is 0.361 e. The first-order valence-electron chi connectivity index (χ1n) is 11.2. The van der Waals surface area contributed by atoms with E-state index in [1.807, 2.05) is 49.1 Å². The number of aryl methyl sites for hydroxylation is 2. The van der Waals surface area contributed by atoms with Gasteiger partial charge in [-0.3, -0.25) is 9.69 Å². The fraction of sp³-hybridized carbons (Fsp3) is 0.458. The summed E-state index contributed by atoms with van der Waals surface area (Å²) in [6.45, 7) is 9.82.